The van der Waals surface area contributed by atoms with Gasteiger partial charge >= 0.3 is 5.97 Å². The molecule has 0 bridgehead atoms. The van der Waals surface area contributed by atoms with E-state index in [-0.39, 0.29) is 12.5 Å². The van der Waals surface area contributed by atoms with E-state index in [1.807, 2.05) is 0 Å². The standard InChI is InChI=1S/C14H18N2O5/c1-14(2,13(18)19)16-9-6-11(21-4)10(20-3)5-8(9)15-7-12(16)17/h5-6,15H,7H2,1-4H3,(H,18,19). The van der Waals surface area contributed by atoms with Crippen LogP contribution in [-0.4, -0.2) is 43.3 Å². The fourth-order valence-corrected chi connectivity index (χ4v) is 2.29. The topological polar surface area (TPSA) is 88.1 Å². The van der Waals surface area contributed by atoms with E-state index in [0.29, 0.717) is 22.9 Å². The molecule has 1 heterocycles. The Bertz CT molecular complexity index is 597. The Morgan fingerprint density at radius 1 is 1.29 bits per heavy atom. The van der Waals surface area contributed by atoms with Crippen LogP contribution in [0.25, 0.3) is 0 Å². The molecule has 0 atom stereocenters. The molecule has 1 aliphatic rings. The highest BCUT2D eigenvalue weighted by Gasteiger charge is 2.42. The fraction of sp³-hybridized carbons (Fsp3) is 0.429. The number of amides is 1. The number of rotatable bonds is 4. The van der Waals surface area contributed by atoms with Gasteiger partial charge in [-0.2, -0.15) is 0 Å². The molecule has 1 aromatic carbocycles. The third-order valence-corrected chi connectivity index (χ3v) is 3.50. The van der Waals surface area contributed by atoms with Gasteiger partial charge in [-0.3, -0.25) is 9.69 Å². The molecule has 0 unspecified atom stereocenters. The average Bonchev–Trinajstić information content (AvgIpc) is 2.45. The van der Waals surface area contributed by atoms with E-state index in [2.05, 4.69) is 5.32 Å². The minimum absolute atomic E-state index is 0.0270. The summed E-state index contributed by atoms with van der Waals surface area (Å²) in [5, 5.41) is 12.4. The number of nitrogens with zero attached hydrogens (tertiary/aromatic N) is 1. The highest BCUT2D eigenvalue weighted by Crippen LogP contribution is 2.42. The molecule has 1 aliphatic heterocycles. The van der Waals surface area contributed by atoms with Crippen molar-refractivity contribution in [3.63, 3.8) is 0 Å². The number of carboxylic acids is 1. The van der Waals surface area contributed by atoms with E-state index >= 15 is 0 Å². The number of nitrogens with one attached hydrogen (secondary N) is 1. The third-order valence-electron chi connectivity index (χ3n) is 3.50. The van der Waals surface area contributed by atoms with Crippen LogP contribution in [-0.2, 0) is 9.59 Å². The first-order valence-corrected chi connectivity index (χ1v) is 6.39. The summed E-state index contributed by atoms with van der Waals surface area (Å²) in [5.41, 5.74) is -0.286. The molecule has 1 amide bonds. The maximum atomic E-state index is 12.2. The predicted molar refractivity (Wildman–Crippen MR) is 77.2 cm³/mol. The molecule has 2 rings (SSSR count). The van der Waals surface area contributed by atoms with Crippen molar-refractivity contribution >= 4 is 23.3 Å². The lowest BCUT2D eigenvalue weighted by atomic mass is 9.99. The van der Waals surface area contributed by atoms with Crippen LogP contribution >= 0.6 is 0 Å². The number of methoxy groups -OCH3 is 2. The molecule has 2 N–H and O–H groups in total. The van der Waals surface area contributed by atoms with Crippen LogP contribution in [0.15, 0.2) is 12.1 Å². The number of benzene rings is 1. The summed E-state index contributed by atoms with van der Waals surface area (Å²) in [6.07, 6.45) is 0. The number of hydrogen-bond acceptors (Lipinski definition) is 5. The number of carbonyl (C=O) groups excluding carboxylic acids is 1. The maximum absolute atomic E-state index is 12.2. The van der Waals surface area contributed by atoms with Gasteiger partial charge in [0.25, 0.3) is 0 Å². The molecule has 0 aromatic heterocycles. The van der Waals surface area contributed by atoms with Crippen LogP contribution in [0.2, 0.25) is 0 Å². The van der Waals surface area contributed by atoms with E-state index in [9.17, 15) is 14.7 Å². The molecule has 1 aromatic rings. The molecule has 7 nitrogen and oxygen atoms in total. The summed E-state index contributed by atoms with van der Waals surface area (Å²) in [4.78, 5) is 24.9. The van der Waals surface area contributed by atoms with Gasteiger partial charge in [-0.05, 0) is 13.8 Å². The Labute approximate surface area is 122 Å². The number of aliphatic carboxylic acids is 1. The van der Waals surface area contributed by atoms with E-state index in [1.54, 1.807) is 12.1 Å². The monoisotopic (exact) mass is 294 g/mol. The largest absolute Gasteiger partial charge is 0.493 e. The van der Waals surface area contributed by atoms with E-state index < -0.39 is 11.5 Å². The lowest BCUT2D eigenvalue weighted by Crippen LogP contribution is -2.56. The van der Waals surface area contributed by atoms with Crippen molar-refractivity contribution in [2.24, 2.45) is 0 Å². The van der Waals surface area contributed by atoms with Gasteiger partial charge in [0.2, 0.25) is 5.91 Å². The van der Waals surface area contributed by atoms with E-state index in [1.165, 1.54) is 33.0 Å². The SMILES string of the molecule is COc1cc2c(cc1OC)N(C(C)(C)C(=O)O)C(=O)CN2. The lowest BCUT2D eigenvalue weighted by molar-refractivity contribution is -0.143. The quantitative estimate of drug-likeness (QED) is 0.871. The predicted octanol–water partition coefficient (Wildman–Crippen LogP) is 1.33. The molecule has 0 spiro atoms. The lowest BCUT2D eigenvalue weighted by Gasteiger charge is -2.39. The van der Waals surface area contributed by atoms with Crippen LogP contribution < -0.4 is 19.7 Å². The summed E-state index contributed by atoms with van der Waals surface area (Å²) in [7, 11) is 2.99. The smallest absolute Gasteiger partial charge is 0.329 e. The zero-order chi connectivity index (χ0) is 15.8. The molecule has 0 saturated heterocycles. The maximum Gasteiger partial charge on any atom is 0.329 e. The van der Waals surface area contributed by atoms with E-state index in [0.717, 1.165) is 0 Å². The Balaban J connectivity index is 2.62. The minimum Gasteiger partial charge on any atom is -0.493 e. The van der Waals surface area contributed by atoms with Gasteiger partial charge in [-0.25, -0.2) is 4.79 Å². The van der Waals surface area contributed by atoms with Crippen molar-refractivity contribution in [3.05, 3.63) is 12.1 Å². The normalized spacial score (nSPS) is 14.3. The third kappa shape index (κ3) is 2.35. The second kappa shape index (κ2) is 5.16. The number of hydrogen-bond donors (Lipinski definition) is 2. The summed E-state index contributed by atoms with van der Waals surface area (Å²) >= 11 is 0. The van der Waals surface area contributed by atoms with Gasteiger partial charge in [0, 0.05) is 12.1 Å². The first-order chi connectivity index (χ1) is 9.82. The van der Waals surface area contributed by atoms with Crippen molar-refractivity contribution in [1.29, 1.82) is 0 Å². The number of anilines is 2. The van der Waals surface area contributed by atoms with Gasteiger partial charge in [0.1, 0.15) is 5.54 Å². The zero-order valence-corrected chi connectivity index (χ0v) is 12.4. The van der Waals surface area contributed by atoms with Crippen LogP contribution in [0.1, 0.15) is 13.8 Å². The fourth-order valence-electron chi connectivity index (χ4n) is 2.29. The molecule has 21 heavy (non-hydrogen) atoms. The first kappa shape index (κ1) is 15.0. The summed E-state index contributed by atoms with van der Waals surface area (Å²) < 4.78 is 10.4. The molecule has 114 valence electrons. The molecular weight excluding hydrogens is 276 g/mol. The average molecular weight is 294 g/mol. The van der Waals surface area contributed by atoms with Crippen molar-refractivity contribution in [2.75, 3.05) is 31.0 Å². The zero-order valence-electron chi connectivity index (χ0n) is 12.4. The molecule has 0 radical (unpaired) electrons. The van der Waals surface area contributed by atoms with Crippen molar-refractivity contribution in [2.45, 2.75) is 19.4 Å². The molecule has 0 aliphatic carbocycles. The highest BCUT2D eigenvalue weighted by atomic mass is 16.5. The number of fused-ring (bicyclic) bond motifs is 1. The Kier molecular flexibility index (Phi) is 3.67. The van der Waals surface area contributed by atoms with E-state index in [4.69, 9.17) is 9.47 Å². The molecule has 0 fully saturated rings. The van der Waals surface area contributed by atoms with Gasteiger partial charge in [-0.1, -0.05) is 0 Å². The van der Waals surface area contributed by atoms with Crippen molar-refractivity contribution in [1.82, 2.24) is 0 Å². The number of carbonyl (C=O) groups is 2. The summed E-state index contributed by atoms with van der Waals surface area (Å²) in [6, 6.07) is 3.29. The second-order valence-electron chi connectivity index (χ2n) is 5.17. The Morgan fingerprint density at radius 2 is 1.86 bits per heavy atom. The summed E-state index contributed by atoms with van der Waals surface area (Å²) in [5.74, 6) is -0.467. The van der Waals surface area contributed by atoms with Crippen LogP contribution in [0.4, 0.5) is 11.4 Å². The van der Waals surface area contributed by atoms with Crippen LogP contribution in [0.5, 0.6) is 11.5 Å². The Hall–Kier alpha value is -2.44. The molecular formula is C14H18N2O5. The number of ether oxygens (including phenoxy) is 2. The molecule has 7 heteroatoms. The second-order valence-corrected chi connectivity index (χ2v) is 5.17. The summed E-state index contributed by atoms with van der Waals surface area (Å²) in [6.45, 7) is 3.00. The highest BCUT2D eigenvalue weighted by molar-refractivity contribution is 6.08. The van der Waals surface area contributed by atoms with Crippen LogP contribution in [0.3, 0.4) is 0 Å². The molecule has 0 saturated carbocycles. The number of carboxylic acid groups (broad SMARTS) is 1. The minimum atomic E-state index is -1.37. The van der Waals surface area contributed by atoms with Crippen molar-refractivity contribution < 1.29 is 24.2 Å². The van der Waals surface area contributed by atoms with Gasteiger partial charge < -0.3 is 19.9 Å². The van der Waals surface area contributed by atoms with Crippen molar-refractivity contribution in [3.8, 4) is 11.5 Å². The van der Waals surface area contributed by atoms with Gasteiger partial charge in [0.15, 0.2) is 11.5 Å². The Morgan fingerprint density at radius 3 is 2.38 bits per heavy atom. The first-order valence-electron chi connectivity index (χ1n) is 6.39. The van der Waals surface area contributed by atoms with Crippen LogP contribution in [0, 0.1) is 0 Å². The van der Waals surface area contributed by atoms with Gasteiger partial charge in [0.05, 0.1) is 32.1 Å². The van der Waals surface area contributed by atoms with Gasteiger partial charge in [-0.15, -0.1) is 0 Å².